The topological polar surface area (TPSA) is 291 Å². The van der Waals surface area contributed by atoms with E-state index in [4.69, 9.17) is 34.2 Å². The molecule has 5 rings (SSSR count). The second-order valence-electron chi connectivity index (χ2n) is 12.0. The SMILES string of the molecule is NCCOCCOCCOCCn1cc(COC2c3c(O)cc(O)cc3OC(c3cc(O)c(O)c(O)c3)C2OC(=O)C2=CC(O)C(O)C(O)C2)nn1. The number of aliphatic hydroxyl groups excluding tert-OH is 3. The van der Waals surface area contributed by atoms with E-state index in [0.717, 1.165) is 24.3 Å². The van der Waals surface area contributed by atoms with E-state index in [1.807, 2.05) is 0 Å². The first kappa shape index (κ1) is 38.5. The van der Waals surface area contributed by atoms with E-state index < -0.39 is 65.6 Å². The lowest BCUT2D eigenvalue weighted by Gasteiger charge is -2.39. The van der Waals surface area contributed by atoms with E-state index in [9.17, 15) is 45.6 Å². The number of carbonyl (C=O) groups excluding carboxylic acids is 1. The number of aliphatic hydroxyl groups is 3. The molecule has 19 heteroatoms. The smallest absolute Gasteiger partial charge is 0.334 e. The van der Waals surface area contributed by atoms with Crippen LogP contribution >= 0.6 is 0 Å². The van der Waals surface area contributed by atoms with Crippen molar-refractivity contribution in [1.82, 2.24) is 15.0 Å². The van der Waals surface area contributed by atoms with Gasteiger partial charge in [0.2, 0.25) is 0 Å². The first-order valence-electron chi connectivity index (χ1n) is 16.3. The number of nitrogens with zero attached hydrogens (tertiary/aromatic N) is 3. The van der Waals surface area contributed by atoms with Gasteiger partial charge in [0.05, 0.1) is 70.7 Å². The Morgan fingerprint density at radius 3 is 2.25 bits per heavy atom. The minimum atomic E-state index is -1.58. The predicted octanol–water partition coefficient (Wildman–Crippen LogP) is -0.469. The molecule has 284 valence electrons. The van der Waals surface area contributed by atoms with Crippen molar-refractivity contribution < 1.29 is 74.1 Å². The van der Waals surface area contributed by atoms with Gasteiger partial charge in [-0.2, -0.15) is 0 Å². The summed E-state index contributed by atoms with van der Waals surface area (Å²) in [5, 5.41) is 90.3. The average Bonchev–Trinajstić information content (AvgIpc) is 3.56. The highest BCUT2D eigenvalue weighted by molar-refractivity contribution is 5.89. The number of hydrogen-bond donors (Lipinski definition) is 9. The zero-order chi connectivity index (χ0) is 37.4. The molecule has 0 saturated heterocycles. The fourth-order valence-electron chi connectivity index (χ4n) is 5.63. The van der Waals surface area contributed by atoms with Crippen LogP contribution in [0.3, 0.4) is 0 Å². The minimum Gasteiger partial charge on any atom is -0.508 e. The number of nitrogens with two attached hydrogens (primary N) is 1. The molecule has 2 aliphatic rings. The maximum absolute atomic E-state index is 13.5. The number of aromatic hydroxyl groups is 5. The van der Waals surface area contributed by atoms with E-state index in [0.29, 0.717) is 58.4 Å². The summed E-state index contributed by atoms with van der Waals surface area (Å²) < 4.78 is 35.9. The van der Waals surface area contributed by atoms with Crippen LogP contribution in [0.2, 0.25) is 0 Å². The van der Waals surface area contributed by atoms with Crippen molar-refractivity contribution in [3.8, 4) is 34.5 Å². The zero-order valence-electron chi connectivity index (χ0n) is 27.9. The summed E-state index contributed by atoms with van der Waals surface area (Å²) >= 11 is 0. The molecular formula is C33H42N4O15. The van der Waals surface area contributed by atoms with Gasteiger partial charge < -0.3 is 75.0 Å². The van der Waals surface area contributed by atoms with E-state index >= 15 is 0 Å². The lowest BCUT2D eigenvalue weighted by Crippen LogP contribution is -2.43. The number of ether oxygens (including phenoxy) is 6. The summed E-state index contributed by atoms with van der Waals surface area (Å²) in [5.41, 5.74) is 5.44. The van der Waals surface area contributed by atoms with Crippen LogP contribution in [0.5, 0.6) is 34.5 Å². The van der Waals surface area contributed by atoms with Gasteiger partial charge in [0.1, 0.15) is 41.3 Å². The van der Waals surface area contributed by atoms with Gasteiger partial charge in [-0.05, 0) is 18.2 Å². The Bertz CT molecular complexity index is 1680. The van der Waals surface area contributed by atoms with Gasteiger partial charge in [-0.15, -0.1) is 5.10 Å². The van der Waals surface area contributed by atoms with Gasteiger partial charge >= 0.3 is 5.97 Å². The van der Waals surface area contributed by atoms with E-state index in [1.54, 1.807) is 6.20 Å². The van der Waals surface area contributed by atoms with Crippen molar-refractivity contribution in [2.24, 2.45) is 5.73 Å². The zero-order valence-corrected chi connectivity index (χ0v) is 27.9. The summed E-state index contributed by atoms with van der Waals surface area (Å²) in [6, 6.07) is 4.29. The van der Waals surface area contributed by atoms with Crippen molar-refractivity contribution in [1.29, 1.82) is 0 Å². The first-order chi connectivity index (χ1) is 25.0. The van der Waals surface area contributed by atoms with Gasteiger partial charge in [-0.25, -0.2) is 9.48 Å². The molecule has 19 nitrogen and oxygen atoms in total. The molecule has 1 aliphatic heterocycles. The fraction of sp³-hybridized carbons (Fsp3) is 0.485. The highest BCUT2D eigenvalue weighted by Crippen LogP contribution is 2.51. The van der Waals surface area contributed by atoms with Gasteiger partial charge in [-0.1, -0.05) is 5.21 Å². The molecule has 52 heavy (non-hydrogen) atoms. The third-order valence-electron chi connectivity index (χ3n) is 8.18. The van der Waals surface area contributed by atoms with E-state index in [1.165, 1.54) is 10.7 Å². The predicted molar refractivity (Wildman–Crippen MR) is 174 cm³/mol. The molecule has 3 aromatic rings. The monoisotopic (exact) mass is 734 g/mol. The second-order valence-corrected chi connectivity index (χ2v) is 12.0. The Hall–Kier alpha value is -4.73. The molecule has 1 aliphatic carbocycles. The minimum absolute atomic E-state index is 0.0166. The van der Waals surface area contributed by atoms with E-state index in [-0.39, 0.29) is 41.2 Å². The lowest BCUT2D eigenvalue weighted by molar-refractivity contribution is -0.171. The normalized spacial score (nSPS) is 22.7. The number of benzene rings is 2. The van der Waals surface area contributed by atoms with Crippen LogP contribution in [0.15, 0.2) is 42.1 Å². The van der Waals surface area contributed by atoms with Gasteiger partial charge in [0.15, 0.2) is 29.5 Å². The average molecular weight is 735 g/mol. The van der Waals surface area contributed by atoms with Crippen molar-refractivity contribution in [3.63, 3.8) is 0 Å². The molecule has 0 bridgehead atoms. The van der Waals surface area contributed by atoms with Crippen molar-refractivity contribution in [2.45, 2.75) is 56.2 Å². The molecule has 6 unspecified atom stereocenters. The Morgan fingerprint density at radius 2 is 1.58 bits per heavy atom. The van der Waals surface area contributed by atoms with Crippen molar-refractivity contribution in [2.75, 3.05) is 46.2 Å². The number of esters is 1. The molecular weight excluding hydrogens is 692 g/mol. The molecule has 0 fully saturated rings. The summed E-state index contributed by atoms with van der Waals surface area (Å²) in [5.74, 6) is -4.33. The van der Waals surface area contributed by atoms with Crippen LogP contribution < -0.4 is 10.5 Å². The standard InChI is InChI=1S/C33H42N4O15/c34-1-3-47-5-7-49-8-6-48-4-2-37-15-19(35-36-37)16-50-31-27-21(39)13-20(38)14-26(27)51-30(17-9-22(40)28(44)23(41)10-17)32(31)52-33(46)18-11-24(42)29(45)25(43)12-18/h9-11,13-15,24-25,29-32,38-45H,1-8,12,16,34H2. The van der Waals surface area contributed by atoms with Crippen molar-refractivity contribution in [3.05, 3.63) is 58.9 Å². The number of phenols is 5. The third kappa shape index (κ3) is 9.38. The second kappa shape index (κ2) is 17.7. The van der Waals surface area contributed by atoms with Crippen molar-refractivity contribution >= 4 is 5.97 Å². The number of carbonyl (C=O) groups is 1. The summed E-state index contributed by atoms with van der Waals surface area (Å²) in [4.78, 5) is 13.5. The summed E-state index contributed by atoms with van der Waals surface area (Å²) in [6.07, 6.45) is -6.69. The number of fused-ring (bicyclic) bond motifs is 1. The molecule has 0 saturated carbocycles. The first-order valence-corrected chi connectivity index (χ1v) is 16.3. The van der Waals surface area contributed by atoms with Gasteiger partial charge in [-0.3, -0.25) is 0 Å². The molecule has 2 heterocycles. The Balaban J connectivity index is 1.35. The molecule has 0 spiro atoms. The highest BCUT2D eigenvalue weighted by atomic mass is 16.6. The van der Waals surface area contributed by atoms with Crippen LogP contribution in [0, 0.1) is 0 Å². The van der Waals surface area contributed by atoms with Crippen LogP contribution in [-0.4, -0.2) is 132 Å². The number of aromatic nitrogens is 3. The number of hydrogen-bond acceptors (Lipinski definition) is 18. The lowest BCUT2D eigenvalue weighted by atomic mass is 9.90. The quantitative estimate of drug-likeness (QED) is 0.0481. The Kier molecular flexibility index (Phi) is 13.1. The van der Waals surface area contributed by atoms with Crippen LogP contribution in [0.25, 0.3) is 0 Å². The largest absolute Gasteiger partial charge is 0.508 e. The van der Waals surface area contributed by atoms with E-state index in [2.05, 4.69) is 10.3 Å². The Morgan fingerprint density at radius 1 is 0.904 bits per heavy atom. The summed E-state index contributed by atoms with van der Waals surface area (Å²) in [7, 11) is 0. The third-order valence-corrected chi connectivity index (χ3v) is 8.18. The van der Waals surface area contributed by atoms with Crippen LogP contribution in [0.1, 0.15) is 35.4 Å². The number of phenolic OH excluding ortho intramolecular Hbond substituents is 5. The Labute approximate surface area is 296 Å². The molecule has 2 aromatic carbocycles. The maximum Gasteiger partial charge on any atom is 0.334 e. The van der Waals surface area contributed by atoms with Crippen LogP contribution in [-0.2, 0) is 41.6 Å². The van der Waals surface area contributed by atoms with Gasteiger partial charge in [0, 0.05) is 36.2 Å². The molecule has 6 atom stereocenters. The number of rotatable bonds is 17. The molecule has 0 amide bonds. The van der Waals surface area contributed by atoms with Crippen LogP contribution in [0.4, 0.5) is 0 Å². The fourth-order valence-corrected chi connectivity index (χ4v) is 5.63. The summed E-state index contributed by atoms with van der Waals surface area (Å²) in [6.45, 7) is 2.85. The molecule has 10 N–H and O–H groups in total. The molecule has 0 radical (unpaired) electrons. The highest BCUT2D eigenvalue weighted by Gasteiger charge is 2.46. The molecule has 1 aromatic heterocycles. The maximum atomic E-state index is 13.5. The van der Waals surface area contributed by atoms with Gasteiger partial charge in [0.25, 0.3) is 0 Å².